The fourth-order valence-electron chi connectivity index (χ4n) is 6.01. The molecule has 1 aromatic heterocycles. The molecule has 45 heavy (non-hydrogen) atoms. The Bertz CT molecular complexity index is 3380. The molecular formula is C44H28O. The lowest BCUT2D eigenvalue weighted by Crippen LogP contribution is -1.91. The van der Waals surface area contributed by atoms with Crippen LogP contribution in [-0.2, 0) is 0 Å². The van der Waals surface area contributed by atoms with Crippen LogP contribution in [0.15, 0.2) is 174 Å². The van der Waals surface area contributed by atoms with Crippen LogP contribution >= 0.6 is 0 Å². The van der Waals surface area contributed by atoms with Crippen molar-refractivity contribution in [2.45, 2.75) is 0 Å². The van der Waals surface area contributed by atoms with Crippen molar-refractivity contribution < 1.29 is 27.7 Å². The molecule has 0 spiro atoms. The normalized spacial score (nSPS) is 16.8. The van der Waals surface area contributed by atoms with Crippen molar-refractivity contribution in [3.05, 3.63) is 169 Å². The molecule has 9 aromatic rings. The SMILES string of the molecule is [2H]c1c([2H])c([2H])c(-c2c3c([2H])c([2H])c([2H])c([2H])c3c(-c3c([2H])c([2H])c([2H])c(-c4cccc5c4oc4cccc(-c6ccccc6)c45)c3[2H])c3c([2H])c([2H])c([2H])c([2H])c23)c([2H])c1[2H]. The van der Waals surface area contributed by atoms with Crippen molar-refractivity contribution in [2.75, 3.05) is 0 Å². The van der Waals surface area contributed by atoms with Crippen LogP contribution in [0.5, 0.6) is 0 Å². The maximum absolute atomic E-state index is 9.86. The third kappa shape index (κ3) is 4.09. The molecule has 0 unspecified atom stereocenters. The van der Waals surface area contributed by atoms with Crippen LogP contribution in [0.3, 0.4) is 0 Å². The second-order valence-corrected chi connectivity index (χ2v) is 10.3. The van der Waals surface area contributed by atoms with Crippen molar-refractivity contribution >= 4 is 43.5 Å². The van der Waals surface area contributed by atoms with Gasteiger partial charge < -0.3 is 4.42 Å². The third-order valence-electron chi connectivity index (χ3n) is 7.88. The quantitative estimate of drug-likeness (QED) is 0.186. The first-order valence-corrected chi connectivity index (χ1v) is 14.1. The number of hydrogen-bond acceptors (Lipinski definition) is 1. The van der Waals surface area contributed by atoms with Crippen LogP contribution in [0.25, 0.3) is 88.0 Å². The van der Waals surface area contributed by atoms with Gasteiger partial charge in [0, 0.05) is 16.3 Å². The monoisotopic (exact) mass is 589 g/mol. The van der Waals surface area contributed by atoms with E-state index in [0.29, 0.717) is 11.0 Å². The molecule has 0 saturated heterocycles. The highest BCUT2D eigenvalue weighted by Crippen LogP contribution is 2.45. The molecule has 9 rings (SSSR count). The number of para-hydroxylation sites is 1. The van der Waals surface area contributed by atoms with Gasteiger partial charge >= 0.3 is 0 Å². The van der Waals surface area contributed by atoms with Gasteiger partial charge in [0.15, 0.2) is 0 Å². The Morgan fingerprint density at radius 3 is 1.69 bits per heavy atom. The highest BCUT2D eigenvalue weighted by atomic mass is 16.3. The van der Waals surface area contributed by atoms with Gasteiger partial charge in [-0.2, -0.15) is 0 Å². The Hall–Kier alpha value is -5.92. The van der Waals surface area contributed by atoms with E-state index in [-0.39, 0.29) is 16.7 Å². The van der Waals surface area contributed by atoms with Crippen LogP contribution in [0.1, 0.15) is 23.3 Å². The van der Waals surface area contributed by atoms with Gasteiger partial charge in [-0.05, 0) is 72.6 Å². The smallest absolute Gasteiger partial charge is 0.143 e. The van der Waals surface area contributed by atoms with E-state index in [9.17, 15) is 9.60 Å². The van der Waals surface area contributed by atoms with E-state index >= 15 is 0 Å². The predicted octanol–water partition coefficient (Wildman–Crippen LogP) is 12.6. The molecule has 0 saturated carbocycles. The first-order chi connectivity index (χ1) is 29.4. The van der Waals surface area contributed by atoms with E-state index in [4.69, 9.17) is 18.1 Å². The maximum Gasteiger partial charge on any atom is 0.143 e. The van der Waals surface area contributed by atoms with Gasteiger partial charge in [0.05, 0.1) is 23.3 Å². The zero-order chi connectivity index (χ0) is 44.5. The van der Waals surface area contributed by atoms with E-state index in [2.05, 4.69) is 0 Å². The Morgan fingerprint density at radius 2 is 0.978 bits per heavy atom. The minimum Gasteiger partial charge on any atom is -0.455 e. The number of rotatable bonds is 4. The fourth-order valence-corrected chi connectivity index (χ4v) is 6.01. The highest BCUT2D eigenvalue weighted by Gasteiger charge is 2.19. The van der Waals surface area contributed by atoms with Crippen LogP contribution < -0.4 is 0 Å². The summed E-state index contributed by atoms with van der Waals surface area (Å²) in [6.07, 6.45) is 0. The lowest BCUT2D eigenvalue weighted by Gasteiger charge is -2.18. The topological polar surface area (TPSA) is 13.1 Å². The van der Waals surface area contributed by atoms with Gasteiger partial charge in [-0.25, -0.2) is 0 Å². The molecule has 0 radical (unpaired) electrons. The first-order valence-electron chi connectivity index (χ1n) is 22.6. The summed E-state index contributed by atoms with van der Waals surface area (Å²) < 4.78 is 159. The molecule has 0 amide bonds. The zero-order valence-corrected chi connectivity index (χ0v) is 23.3. The van der Waals surface area contributed by atoms with Crippen LogP contribution in [-0.4, -0.2) is 0 Å². The molecule has 0 fully saturated rings. The summed E-state index contributed by atoms with van der Waals surface area (Å²) in [4.78, 5) is 0. The molecule has 0 aliphatic carbocycles. The lowest BCUT2D eigenvalue weighted by molar-refractivity contribution is 0.670. The second kappa shape index (κ2) is 10.4. The standard InChI is InChI=1S/C44H28O/c1-3-14-29(15-4-1)33-24-13-27-40-43(33)39-26-12-25-34(44(39)45-40)31-18-11-19-32(28-31)42-37-22-9-7-20-35(37)41(30-16-5-2-6-17-30)36-21-8-10-23-38(36)42/h1-28H/i2D,5D,6D,7D,8D,9D,10D,11D,16D,17D,18D,19D,20D,21D,22D,23D,28D. The van der Waals surface area contributed by atoms with Crippen LogP contribution in [0, 0.1) is 0 Å². The third-order valence-corrected chi connectivity index (χ3v) is 7.88. The Labute approximate surface area is 285 Å². The fraction of sp³-hybridized carbons (Fsp3) is 0. The van der Waals surface area contributed by atoms with Gasteiger partial charge in [-0.15, -0.1) is 0 Å². The molecule has 1 nitrogen and oxygen atoms in total. The van der Waals surface area contributed by atoms with Gasteiger partial charge in [0.25, 0.3) is 0 Å². The van der Waals surface area contributed by atoms with Crippen molar-refractivity contribution in [2.24, 2.45) is 0 Å². The molecule has 210 valence electrons. The predicted molar refractivity (Wildman–Crippen MR) is 190 cm³/mol. The molecule has 0 N–H and O–H groups in total. The van der Waals surface area contributed by atoms with Gasteiger partial charge in [-0.3, -0.25) is 0 Å². The zero-order valence-electron chi connectivity index (χ0n) is 40.3. The van der Waals surface area contributed by atoms with Crippen molar-refractivity contribution in [1.82, 2.24) is 0 Å². The summed E-state index contributed by atoms with van der Waals surface area (Å²) in [5.41, 5.74) is 0.253. The van der Waals surface area contributed by atoms with Crippen LogP contribution in [0.2, 0.25) is 0 Å². The summed E-state index contributed by atoms with van der Waals surface area (Å²) >= 11 is 0. The summed E-state index contributed by atoms with van der Waals surface area (Å²) in [5.74, 6) is 0. The minimum atomic E-state index is -0.825. The number of hydrogen-bond donors (Lipinski definition) is 0. The summed E-state index contributed by atoms with van der Waals surface area (Å²) in [7, 11) is 0. The molecular weight excluding hydrogens is 544 g/mol. The molecule has 0 atom stereocenters. The second-order valence-electron chi connectivity index (χ2n) is 10.3. The number of benzene rings is 8. The molecule has 1 heteroatoms. The van der Waals surface area contributed by atoms with E-state index in [1.165, 1.54) is 0 Å². The van der Waals surface area contributed by atoms with E-state index < -0.39 is 147 Å². The van der Waals surface area contributed by atoms with Crippen molar-refractivity contribution in [3.8, 4) is 44.5 Å². The van der Waals surface area contributed by atoms with Crippen molar-refractivity contribution in [1.29, 1.82) is 0 Å². The van der Waals surface area contributed by atoms with E-state index in [1.54, 1.807) is 24.3 Å². The molecule has 0 aliphatic heterocycles. The Balaban J connectivity index is 1.52. The Kier molecular flexibility index (Phi) is 3.18. The minimum absolute atomic E-state index is 0.163. The first kappa shape index (κ1) is 13.8. The van der Waals surface area contributed by atoms with Crippen molar-refractivity contribution in [3.63, 3.8) is 0 Å². The summed E-state index contributed by atoms with van der Waals surface area (Å²) in [6, 6.07) is 6.89. The van der Waals surface area contributed by atoms with Gasteiger partial charge in [0.2, 0.25) is 0 Å². The van der Waals surface area contributed by atoms with E-state index in [1.807, 2.05) is 42.5 Å². The summed E-state index contributed by atoms with van der Waals surface area (Å²) in [5, 5.41) is -0.719. The average molecular weight is 590 g/mol. The molecule has 0 bridgehead atoms. The van der Waals surface area contributed by atoms with Gasteiger partial charge in [0.1, 0.15) is 11.2 Å². The molecule has 1 heterocycles. The maximum atomic E-state index is 9.86. The van der Waals surface area contributed by atoms with Crippen LogP contribution in [0.4, 0.5) is 0 Å². The number of fused-ring (bicyclic) bond motifs is 5. The van der Waals surface area contributed by atoms with E-state index in [0.717, 1.165) is 16.5 Å². The number of furan rings is 1. The van der Waals surface area contributed by atoms with Gasteiger partial charge in [-0.1, -0.05) is 157 Å². The molecule has 0 aliphatic rings. The molecule has 8 aromatic carbocycles. The lowest BCUT2D eigenvalue weighted by atomic mass is 9.85. The highest BCUT2D eigenvalue weighted by molar-refractivity contribution is 6.22. The average Bonchev–Trinajstić information content (AvgIpc) is 3.66. The Morgan fingerprint density at radius 1 is 0.400 bits per heavy atom. The summed E-state index contributed by atoms with van der Waals surface area (Å²) in [6.45, 7) is 0. The largest absolute Gasteiger partial charge is 0.455 e.